The van der Waals surface area contributed by atoms with Crippen molar-refractivity contribution in [1.29, 1.82) is 0 Å². The van der Waals surface area contributed by atoms with E-state index in [1.54, 1.807) is 17.5 Å². The third-order valence-corrected chi connectivity index (χ3v) is 8.69. The highest BCUT2D eigenvalue weighted by atomic mass is 32.2. The zero-order valence-electron chi connectivity index (χ0n) is 15.4. The number of likely N-dealkylation sites (tertiary alicyclic amines) is 1. The summed E-state index contributed by atoms with van der Waals surface area (Å²) in [6.45, 7) is 2.06. The van der Waals surface area contributed by atoms with Gasteiger partial charge in [-0.2, -0.15) is 4.31 Å². The molecule has 2 unspecified atom stereocenters. The third-order valence-electron chi connectivity index (χ3n) is 5.45. The van der Waals surface area contributed by atoms with Gasteiger partial charge in [0.15, 0.2) is 0 Å². The molecule has 0 aromatic carbocycles. The van der Waals surface area contributed by atoms with Crippen LogP contribution in [0.2, 0.25) is 0 Å². The van der Waals surface area contributed by atoms with Crippen molar-refractivity contribution in [2.75, 3.05) is 26.2 Å². The van der Waals surface area contributed by atoms with Crippen LogP contribution in [-0.2, 0) is 19.6 Å². The molecule has 2 N–H and O–H groups in total. The van der Waals surface area contributed by atoms with Gasteiger partial charge in [-0.3, -0.25) is 9.59 Å². The maximum absolute atomic E-state index is 13.0. The fourth-order valence-electron chi connectivity index (χ4n) is 4.01. The van der Waals surface area contributed by atoms with Crippen molar-refractivity contribution in [3.63, 3.8) is 0 Å². The normalized spacial score (nSPS) is 24.7. The summed E-state index contributed by atoms with van der Waals surface area (Å²) < 4.78 is 27.3. The van der Waals surface area contributed by atoms with Crippen LogP contribution in [0, 0.1) is 11.8 Å². The molecular formula is C18H27N3O4S2. The molecule has 3 rings (SSSR count). The Morgan fingerprint density at radius 1 is 1.19 bits per heavy atom. The monoisotopic (exact) mass is 413 g/mol. The van der Waals surface area contributed by atoms with Crippen molar-refractivity contribution in [1.82, 2.24) is 9.21 Å². The molecule has 27 heavy (non-hydrogen) atoms. The van der Waals surface area contributed by atoms with Gasteiger partial charge in [0.2, 0.25) is 11.8 Å². The highest BCUT2D eigenvalue weighted by Crippen LogP contribution is 2.29. The van der Waals surface area contributed by atoms with Crippen molar-refractivity contribution in [3.8, 4) is 0 Å². The minimum absolute atomic E-state index is 0.0462. The summed E-state index contributed by atoms with van der Waals surface area (Å²) in [5.74, 6) is -0.252. The molecule has 2 atom stereocenters. The predicted octanol–water partition coefficient (Wildman–Crippen LogP) is 1.65. The summed E-state index contributed by atoms with van der Waals surface area (Å²) in [4.78, 5) is 25.9. The van der Waals surface area contributed by atoms with Crippen LogP contribution >= 0.6 is 11.3 Å². The number of amides is 2. The Kier molecular flexibility index (Phi) is 6.54. The Hall–Kier alpha value is -1.45. The van der Waals surface area contributed by atoms with Gasteiger partial charge < -0.3 is 10.6 Å². The number of sulfonamides is 1. The molecule has 2 fully saturated rings. The Morgan fingerprint density at radius 2 is 1.96 bits per heavy atom. The van der Waals surface area contributed by atoms with E-state index < -0.39 is 10.0 Å². The van der Waals surface area contributed by atoms with Gasteiger partial charge in [-0.25, -0.2) is 8.42 Å². The minimum Gasteiger partial charge on any atom is -0.370 e. The molecule has 1 aromatic rings. The summed E-state index contributed by atoms with van der Waals surface area (Å²) in [7, 11) is -3.52. The second-order valence-electron chi connectivity index (χ2n) is 7.43. The molecule has 3 heterocycles. The van der Waals surface area contributed by atoms with Crippen LogP contribution < -0.4 is 5.73 Å². The first-order valence-electron chi connectivity index (χ1n) is 9.48. The molecule has 9 heteroatoms. The lowest BCUT2D eigenvalue weighted by atomic mass is 9.91. The quantitative estimate of drug-likeness (QED) is 0.766. The van der Waals surface area contributed by atoms with Crippen molar-refractivity contribution in [2.24, 2.45) is 17.6 Å². The van der Waals surface area contributed by atoms with Gasteiger partial charge in [0.25, 0.3) is 10.0 Å². The topological polar surface area (TPSA) is 101 Å². The van der Waals surface area contributed by atoms with E-state index in [9.17, 15) is 18.0 Å². The standard InChI is InChI=1S/C18H27N3O4S2/c19-16(22)8-7-14-4-1-9-20(12-14)18(23)15-5-2-10-21(13-15)27(24,25)17-6-3-11-26-17/h3,6,11,14-15H,1-2,4-5,7-10,12-13H2,(H2,19,22). The summed E-state index contributed by atoms with van der Waals surface area (Å²) in [6.07, 6.45) is 4.39. The van der Waals surface area contributed by atoms with Crippen molar-refractivity contribution in [2.45, 2.75) is 42.7 Å². The first-order valence-corrected chi connectivity index (χ1v) is 11.8. The Bertz CT molecular complexity index is 764. The molecule has 150 valence electrons. The van der Waals surface area contributed by atoms with Crippen LogP contribution in [0.3, 0.4) is 0 Å². The number of carbonyl (C=O) groups excluding carboxylic acids is 2. The molecule has 1 aromatic heterocycles. The Morgan fingerprint density at radius 3 is 2.67 bits per heavy atom. The lowest BCUT2D eigenvalue weighted by Crippen LogP contribution is -2.49. The van der Waals surface area contributed by atoms with Crippen molar-refractivity contribution in [3.05, 3.63) is 17.5 Å². The highest BCUT2D eigenvalue weighted by Gasteiger charge is 2.36. The van der Waals surface area contributed by atoms with E-state index in [0.717, 1.165) is 19.3 Å². The van der Waals surface area contributed by atoms with Gasteiger partial charge in [-0.1, -0.05) is 6.07 Å². The molecule has 0 saturated carbocycles. The van der Waals surface area contributed by atoms with E-state index in [1.165, 1.54) is 15.6 Å². The number of carbonyl (C=O) groups is 2. The number of rotatable bonds is 6. The molecule has 0 bridgehead atoms. The summed E-state index contributed by atoms with van der Waals surface area (Å²) in [6, 6.07) is 3.34. The van der Waals surface area contributed by atoms with Crippen LogP contribution in [-0.4, -0.2) is 55.6 Å². The molecule has 0 radical (unpaired) electrons. The van der Waals surface area contributed by atoms with Crippen LogP contribution in [0.25, 0.3) is 0 Å². The number of hydrogen-bond donors (Lipinski definition) is 1. The first-order chi connectivity index (χ1) is 12.9. The van der Waals surface area contributed by atoms with E-state index >= 15 is 0 Å². The number of nitrogens with two attached hydrogens (primary N) is 1. The zero-order chi connectivity index (χ0) is 19.4. The average Bonchev–Trinajstić information content (AvgIpc) is 3.22. The maximum Gasteiger partial charge on any atom is 0.252 e. The summed E-state index contributed by atoms with van der Waals surface area (Å²) in [5.41, 5.74) is 5.24. The predicted molar refractivity (Wildman–Crippen MR) is 104 cm³/mol. The molecule has 7 nitrogen and oxygen atoms in total. The lowest BCUT2D eigenvalue weighted by Gasteiger charge is -2.37. The van der Waals surface area contributed by atoms with Crippen molar-refractivity contribution < 1.29 is 18.0 Å². The molecular weight excluding hydrogens is 386 g/mol. The second kappa shape index (κ2) is 8.70. The third kappa shape index (κ3) is 4.89. The number of thiophene rings is 1. The number of primary amides is 1. The van der Waals surface area contributed by atoms with Gasteiger partial charge in [0.05, 0.1) is 5.92 Å². The largest absolute Gasteiger partial charge is 0.370 e. The Balaban J connectivity index is 1.62. The molecule has 0 aliphatic carbocycles. The van der Waals surface area contributed by atoms with E-state index in [1.807, 2.05) is 4.90 Å². The van der Waals surface area contributed by atoms with Gasteiger partial charge in [-0.15, -0.1) is 11.3 Å². The fraction of sp³-hybridized carbons (Fsp3) is 0.667. The van der Waals surface area contributed by atoms with Gasteiger partial charge in [-0.05, 0) is 49.5 Å². The van der Waals surface area contributed by atoms with E-state index in [0.29, 0.717) is 49.0 Å². The molecule has 0 spiro atoms. The van der Waals surface area contributed by atoms with Gasteiger partial charge in [0.1, 0.15) is 4.21 Å². The van der Waals surface area contributed by atoms with Crippen LogP contribution in [0.1, 0.15) is 38.5 Å². The van der Waals surface area contributed by atoms with E-state index in [4.69, 9.17) is 5.73 Å². The van der Waals surface area contributed by atoms with Crippen molar-refractivity contribution >= 4 is 33.2 Å². The minimum atomic E-state index is -3.52. The van der Waals surface area contributed by atoms with Crippen LogP contribution in [0.4, 0.5) is 0 Å². The number of hydrogen-bond acceptors (Lipinski definition) is 5. The van der Waals surface area contributed by atoms with Crippen LogP contribution in [0.15, 0.2) is 21.7 Å². The smallest absolute Gasteiger partial charge is 0.252 e. The molecule has 2 aliphatic heterocycles. The molecule has 2 amide bonds. The lowest BCUT2D eigenvalue weighted by molar-refractivity contribution is -0.138. The first kappa shape index (κ1) is 20.3. The zero-order valence-corrected chi connectivity index (χ0v) is 17.0. The van der Waals surface area contributed by atoms with Gasteiger partial charge >= 0.3 is 0 Å². The highest BCUT2D eigenvalue weighted by molar-refractivity contribution is 7.91. The second-order valence-corrected chi connectivity index (χ2v) is 10.5. The molecule has 2 aliphatic rings. The number of nitrogens with zero attached hydrogens (tertiary/aromatic N) is 2. The van der Waals surface area contributed by atoms with E-state index in [2.05, 4.69) is 0 Å². The SMILES string of the molecule is NC(=O)CCC1CCCN(C(=O)C2CCCN(S(=O)(=O)c3cccs3)C2)C1. The number of piperidine rings is 2. The molecule has 2 saturated heterocycles. The van der Waals surface area contributed by atoms with Gasteiger partial charge in [0, 0.05) is 32.6 Å². The van der Waals surface area contributed by atoms with Crippen LogP contribution in [0.5, 0.6) is 0 Å². The maximum atomic E-state index is 13.0. The summed E-state index contributed by atoms with van der Waals surface area (Å²) >= 11 is 1.21. The fourth-order valence-corrected chi connectivity index (χ4v) is 6.67. The average molecular weight is 414 g/mol. The Labute approximate surface area is 164 Å². The van der Waals surface area contributed by atoms with E-state index in [-0.39, 0.29) is 24.3 Å². The summed E-state index contributed by atoms with van der Waals surface area (Å²) in [5, 5.41) is 1.75.